The van der Waals surface area contributed by atoms with Gasteiger partial charge in [-0.2, -0.15) is 0 Å². The third-order valence-corrected chi connectivity index (χ3v) is 4.16. The first-order valence-corrected chi connectivity index (χ1v) is 7.81. The van der Waals surface area contributed by atoms with E-state index in [2.05, 4.69) is 59.4 Å². The molecule has 1 rings (SSSR count). The SMILES string of the molecule is CCCCC1=NC(C)=CC(C)(C)N(CCC)C1(C)C. The number of hydrogen-bond acceptors (Lipinski definition) is 2. The molecule has 0 aromatic heterocycles. The van der Waals surface area contributed by atoms with Crippen molar-refractivity contribution in [3.05, 3.63) is 11.8 Å². The smallest absolute Gasteiger partial charge is 0.0545 e. The van der Waals surface area contributed by atoms with E-state index in [1.54, 1.807) is 0 Å². The minimum absolute atomic E-state index is 0.0446. The largest absolute Gasteiger partial charge is 0.284 e. The van der Waals surface area contributed by atoms with Crippen molar-refractivity contribution in [1.82, 2.24) is 4.90 Å². The summed E-state index contributed by atoms with van der Waals surface area (Å²) in [7, 11) is 0. The Morgan fingerprint density at radius 2 is 1.74 bits per heavy atom. The highest BCUT2D eigenvalue weighted by Crippen LogP contribution is 2.33. The lowest BCUT2D eigenvalue weighted by atomic mass is 9.87. The predicted molar refractivity (Wildman–Crippen MR) is 85.9 cm³/mol. The lowest BCUT2D eigenvalue weighted by molar-refractivity contribution is 0.0872. The van der Waals surface area contributed by atoms with E-state index in [0.717, 1.165) is 13.0 Å². The minimum atomic E-state index is 0.0446. The predicted octanol–water partition coefficient (Wildman–Crippen LogP) is 4.80. The second-order valence-corrected chi connectivity index (χ2v) is 6.81. The van der Waals surface area contributed by atoms with Crippen molar-refractivity contribution in [3.8, 4) is 0 Å². The molecule has 0 radical (unpaired) electrons. The Balaban J connectivity index is 3.18. The van der Waals surface area contributed by atoms with Gasteiger partial charge in [0.15, 0.2) is 0 Å². The number of aliphatic imine (C=N–C) groups is 1. The van der Waals surface area contributed by atoms with Gasteiger partial charge in [-0.15, -0.1) is 0 Å². The fraction of sp³-hybridized carbons (Fsp3) is 0.824. The number of nitrogens with zero attached hydrogens (tertiary/aromatic N) is 2. The average Bonchev–Trinajstić information content (AvgIpc) is 2.34. The van der Waals surface area contributed by atoms with Crippen LogP contribution in [0.3, 0.4) is 0 Å². The van der Waals surface area contributed by atoms with Crippen LogP contribution in [-0.4, -0.2) is 28.2 Å². The molecule has 1 heterocycles. The molecule has 0 fully saturated rings. The number of hydrogen-bond donors (Lipinski definition) is 0. The quantitative estimate of drug-likeness (QED) is 0.696. The lowest BCUT2D eigenvalue weighted by Gasteiger charge is -2.47. The van der Waals surface area contributed by atoms with E-state index in [1.165, 1.54) is 30.7 Å². The summed E-state index contributed by atoms with van der Waals surface area (Å²) in [5.41, 5.74) is 2.63. The van der Waals surface area contributed by atoms with Crippen molar-refractivity contribution in [2.75, 3.05) is 6.54 Å². The molecule has 1 aliphatic heterocycles. The van der Waals surface area contributed by atoms with Gasteiger partial charge in [0.25, 0.3) is 0 Å². The van der Waals surface area contributed by atoms with Gasteiger partial charge >= 0.3 is 0 Å². The molecule has 110 valence electrons. The molecular weight excluding hydrogens is 232 g/mol. The highest BCUT2D eigenvalue weighted by molar-refractivity contribution is 5.94. The minimum Gasteiger partial charge on any atom is -0.284 e. The van der Waals surface area contributed by atoms with E-state index in [-0.39, 0.29) is 11.1 Å². The fourth-order valence-corrected chi connectivity index (χ4v) is 3.34. The third-order valence-electron chi connectivity index (χ3n) is 4.16. The summed E-state index contributed by atoms with van der Waals surface area (Å²) in [4.78, 5) is 7.55. The highest BCUT2D eigenvalue weighted by Gasteiger charge is 2.40. The van der Waals surface area contributed by atoms with Crippen LogP contribution in [0, 0.1) is 0 Å². The zero-order valence-electron chi connectivity index (χ0n) is 14.0. The van der Waals surface area contributed by atoms with Gasteiger partial charge in [0.05, 0.1) is 5.54 Å². The molecule has 0 saturated carbocycles. The zero-order valence-corrected chi connectivity index (χ0v) is 14.0. The summed E-state index contributed by atoms with van der Waals surface area (Å²) < 4.78 is 0. The number of unbranched alkanes of at least 4 members (excludes halogenated alkanes) is 1. The van der Waals surface area contributed by atoms with Crippen molar-refractivity contribution in [3.63, 3.8) is 0 Å². The zero-order chi connectivity index (χ0) is 14.7. The van der Waals surface area contributed by atoms with Gasteiger partial charge in [-0.1, -0.05) is 20.3 Å². The molecule has 0 saturated heterocycles. The summed E-state index contributed by atoms with van der Waals surface area (Å²) in [6, 6.07) is 0. The fourth-order valence-electron chi connectivity index (χ4n) is 3.34. The molecule has 2 nitrogen and oxygen atoms in total. The first kappa shape index (κ1) is 16.4. The Morgan fingerprint density at radius 3 is 2.26 bits per heavy atom. The molecule has 0 aliphatic carbocycles. The second kappa shape index (κ2) is 6.21. The average molecular weight is 264 g/mol. The van der Waals surface area contributed by atoms with Gasteiger partial charge in [-0.25, -0.2) is 0 Å². The summed E-state index contributed by atoms with van der Waals surface area (Å²) in [6.45, 7) is 17.1. The molecule has 0 atom stereocenters. The third kappa shape index (κ3) is 3.68. The molecule has 1 aliphatic rings. The van der Waals surface area contributed by atoms with E-state index in [0.29, 0.717) is 0 Å². The van der Waals surface area contributed by atoms with Crippen molar-refractivity contribution >= 4 is 5.71 Å². The van der Waals surface area contributed by atoms with Gasteiger partial charge in [0.1, 0.15) is 0 Å². The standard InChI is InChI=1S/C17H32N2/c1-8-10-11-15-17(6,7)19(12-9-2)16(4,5)13-14(3)18-15/h13H,8-12H2,1-7H3. The Hall–Kier alpha value is -0.630. The highest BCUT2D eigenvalue weighted by atomic mass is 15.3. The molecule has 0 aromatic rings. The summed E-state index contributed by atoms with van der Waals surface area (Å²) in [5.74, 6) is 0. The molecule has 0 aromatic carbocycles. The van der Waals surface area contributed by atoms with Gasteiger partial charge in [0, 0.05) is 16.9 Å². The summed E-state index contributed by atoms with van der Waals surface area (Å²) in [6.07, 6.45) is 7.08. The molecular formula is C17H32N2. The van der Waals surface area contributed by atoms with Crippen LogP contribution in [0.15, 0.2) is 16.8 Å². The Labute approximate surface area is 120 Å². The van der Waals surface area contributed by atoms with Gasteiger partial charge in [-0.05, 0) is 66.5 Å². The molecule has 2 heteroatoms. The maximum absolute atomic E-state index is 4.93. The summed E-state index contributed by atoms with van der Waals surface area (Å²) >= 11 is 0. The summed E-state index contributed by atoms with van der Waals surface area (Å²) in [5, 5.41) is 0. The molecule has 0 amide bonds. The van der Waals surface area contributed by atoms with Gasteiger partial charge in [-0.3, -0.25) is 9.89 Å². The van der Waals surface area contributed by atoms with E-state index in [4.69, 9.17) is 4.99 Å². The molecule has 19 heavy (non-hydrogen) atoms. The number of allylic oxidation sites excluding steroid dienone is 1. The Morgan fingerprint density at radius 1 is 1.11 bits per heavy atom. The van der Waals surface area contributed by atoms with Crippen molar-refractivity contribution < 1.29 is 0 Å². The lowest BCUT2D eigenvalue weighted by Crippen LogP contribution is -2.58. The van der Waals surface area contributed by atoms with Crippen LogP contribution < -0.4 is 0 Å². The molecule has 0 bridgehead atoms. The number of rotatable bonds is 5. The monoisotopic (exact) mass is 264 g/mol. The maximum Gasteiger partial charge on any atom is 0.0545 e. The van der Waals surface area contributed by atoms with E-state index >= 15 is 0 Å². The van der Waals surface area contributed by atoms with Crippen LogP contribution in [0.5, 0.6) is 0 Å². The van der Waals surface area contributed by atoms with Crippen LogP contribution >= 0.6 is 0 Å². The normalized spacial score (nSPS) is 22.7. The van der Waals surface area contributed by atoms with Crippen molar-refractivity contribution in [2.24, 2.45) is 4.99 Å². The van der Waals surface area contributed by atoms with Crippen molar-refractivity contribution in [1.29, 1.82) is 0 Å². The van der Waals surface area contributed by atoms with Gasteiger partial charge < -0.3 is 0 Å². The van der Waals surface area contributed by atoms with Gasteiger partial charge in [0.2, 0.25) is 0 Å². The first-order valence-electron chi connectivity index (χ1n) is 7.81. The molecule has 0 unspecified atom stereocenters. The van der Waals surface area contributed by atoms with Crippen LogP contribution in [0.4, 0.5) is 0 Å². The Kier molecular flexibility index (Phi) is 5.37. The maximum atomic E-state index is 4.93. The van der Waals surface area contributed by atoms with Crippen LogP contribution in [0.2, 0.25) is 0 Å². The first-order chi connectivity index (χ1) is 8.75. The van der Waals surface area contributed by atoms with E-state index < -0.39 is 0 Å². The molecule has 0 spiro atoms. The van der Waals surface area contributed by atoms with Crippen LogP contribution in [-0.2, 0) is 0 Å². The van der Waals surface area contributed by atoms with Crippen LogP contribution in [0.1, 0.15) is 74.1 Å². The van der Waals surface area contributed by atoms with E-state index in [1.807, 2.05) is 0 Å². The second-order valence-electron chi connectivity index (χ2n) is 6.81. The Bertz CT molecular complexity index is 361. The van der Waals surface area contributed by atoms with Crippen molar-refractivity contribution in [2.45, 2.75) is 85.2 Å². The van der Waals surface area contributed by atoms with Crippen LogP contribution in [0.25, 0.3) is 0 Å². The molecule has 0 N–H and O–H groups in total. The topological polar surface area (TPSA) is 15.6 Å². The van der Waals surface area contributed by atoms with E-state index in [9.17, 15) is 0 Å².